The highest BCUT2D eigenvalue weighted by atomic mass is 16.5. The molecule has 0 saturated carbocycles. The molecule has 1 fully saturated rings. The Hall–Kier alpha value is -3.19. The number of piperidine rings is 1. The van der Waals surface area contributed by atoms with Crippen LogP contribution in [-0.4, -0.2) is 53.5 Å². The summed E-state index contributed by atoms with van der Waals surface area (Å²) in [5, 5.41) is 2.99. The van der Waals surface area contributed by atoms with Gasteiger partial charge in [0, 0.05) is 12.6 Å². The number of ether oxygens (including phenoxy) is 1. The summed E-state index contributed by atoms with van der Waals surface area (Å²) in [5.41, 5.74) is 8.38. The molecule has 38 heavy (non-hydrogen) atoms. The van der Waals surface area contributed by atoms with Crippen LogP contribution in [0.4, 0.5) is 0 Å². The molecule has 0 bridgehead atoms. The zero-order chi connectivity index (χ0) is 27.3. The number of esters is 1. The average molecular weight is 520 g/mol. The zero-order valence-corrected chi connectivity index (χ0v) is 22.8. The fourth-order valence-corrected chi connectivity index (χ4v) is 5.93. The van der Waals surface area contributed by atoms with Crippen molar-refractivity contribution in [1.82, 2.24) is 10.2 Å². The van der Waals surface area contributed by atoms with E-state index in [-0.39, 0.29) is 36.4 Å². The molecule has 2 aromatic rings. The van der Waals surface area contributed by atoms with E-state index in [0.29, 0.717) is 19.4 Å². The van der Waals surface area contributed by atoms with E-state index in [0.717, 1.165) is 31.2 Å². The van der Waals surface area contributed by atoms with Crippen LogP contribution in [0.5, 0.6) is 0 Å². The lowest BCUT2D eigenvalue weighted by molar-refractivity contribution is -0.150. The number of rotatable bonds is 9. The van der Waals surface area contributed by atoms with Crippen molar-refractivity contribution in [2.24, 2.45) is 5.73 Å². The van der Waals surface area contributed by atoms with Crippen LogP contribution in [0.25, 0.3) is 0 Å². The molecule has 3 N–H and O–H groups in total. The minimum absolute atomic E-state index is 0.151. The van der Waals surface area contributed by atoms with Gasteiger partial charge in [0.25, 0.3) is 0 Å². The van der Waals surface area contributed by atoms with E-state index < -0.39 is 17.5 Å². The monoisotopic (exact) mass is 519 g/mol. The Balaban J connectivity index is 1.65. The molecule has 7 heteroatoms. The molecule has 2 aliphatic rings. The Morgan fingerprint density at radius 3 is 2.47 bits per heavy atom. The van der Waals surface area contributed by atoms with Crippen molar-refractivity contribution in [2.45, 2.75) is 88.8 Å². The Morgan fingerprint density at radius 1 is 1.05 bits per heavy atom. The Morgan fingerprint density at radius 2 is 1.76 bits per heavy atom. The first kappa shape index (κ1) is 27.8. The quantitative estimate of drug-likeness (QED) is 0.487. The van der Waals surface area contributed by atoms with E-state index >= 15 is 0 Å². The van der Waals surface area contributed by atoms with Crippen LogP contribution in [0.3, 0.4) is 0 Å². The number of likely N-dealkylation sites (tertiary alicyclic amines) is 1. The van der Waals surface area contributed by atoms with Crippen LogP contribution in [-0.2, 0) is 25.5 Å². The van der Waals surface area contributed by atoms with Crippen LogP contribution in [0.1, 0.15) is 81.4 Å². The number of aryl methyl sites for hydroxylation is 1. The highest BCUT2D eigenvalue weighted by Crippen LogP contribution is 2.38. The molecule has 2 aromatic carbocycles. The second kappa shape index (κ2) is 12.1. The van der Waals surface area contributed by atoms with Crippen molar-refractivity contribution < 1.29 is 19.1 Å². The number of hydrogen-bond acceptors (Lipinski definition) is 5. The van der Waals surface area contributed by atoms with E-state index in [2.05, 4.69) is 17.4 Å². The van der Waals surface area contributed by atoms with Crippen molar-refractivity contribution in [3.8, 4) is 0 Å². The van der Waals surface area contributed by atoms with Crippen molar-refractivity contribution in [2.75, 3.05) is 13.2 Å². The largest absolute Gasteiger partial charge is 0.465 e. The number of carbonyl (C=O) groups excluding carboxylic acids is 3. The molecule has 1 aliphatic carbocycles. The fraction of sp³-hybridized carbons (Fsp3) is 0.516. The number of benzene rings is 2. The molecule has 4 rings (SSSR count). The van der Waals surface area contributed by atoms with Crippen molar-refractivity contribution in [3.05, 3.63) is 71.3 Å². The number of fused-ring (bicyclic) bond motifs is 1. The highest BCUT2D eigenvalue weighted by Gasteiger charge is 2.42. The third kappa shape index (κ3) is 6.26. The fourth-order valence-electron chi connectivity index (χ4n) is 5.93. The molecule has 2 amide bonds. The maximum atomic E-state index is 14.3. The minimum atomic E-state index is -1.12. The van der Waals surface area contributed by atoms with Crippen LogP contribution < -0.4 is 11.1 Å². The van der Waals surface area contributed by atoms with Gasteiger partial charge in [-0.2, -0.15) is 0 Å². The van der Waals surface area contributed by atoms with Crippen LogP contribution in [0, 0.1) is 0 Å². The third-order valence-corrected chi connectivity index (χ3v) is 7.88. The molecule has 7 nitrogen and oxygen atoms in total. The lowest BCUT2D eigenvalue weighted by atomic mass is 9.84. The topological polar surface area (TPSA) is 102 Å². The summed E-state index contributed by atoms with van der Waals surface area (Å²) < 4.78 is 5.49. The van der Waals surface area contributed by atoms with E-state index in [9.17, 15) is 14.4 Å². The van der Waals surface area contributed by atoms with E-state index in [1.165, 1.54) is 11.1 Å². The van der Waals surface area contributed by atoms with Crippen LogP contribution >= 0.6 is 0 Å². The molecule has 3 unspecified atom stereocenters. The predicted octanol–water partition coefficient (Wildman–Crippen LogP) is 4.06. The molecule has 0 spiro atoms. The highest BCUT2D eigenvalue weighted by molar-refractivity contribution is 5.92. The standard InChI is InChI=1S/C31H41N3O4/c1-4-38-29(36)27(22-13-6-5-7-14-22)26-16-10-11-19-34(26)28(35)25(33-30(37)31(2,3)32)20-23-18-17-21-12-8-9-15-24(21)23/h5-9,12-15,23,25-27H,4,10-11,16-20,32H2,1-3H3,(H,33,37)/t23?,25?,26-,27?/m1/s1. The smallest absolute Gasteiger partial charge is 0.315 e. The average Bonchev–Trinajstić information content (AvgIpc) is 3.31. The molecule has 1 aliphatic heterocycles. The Labute approximate surface area is 226 Å². The van der Waals surface area contributed by atoms with Crippen molar-refractivity contribution >= 4 is 17.8 Å². The maximum absolute atomic E-state index is 14.3. The molecule has 4 atom stereocenters. The molecule has 1 saturated heterocycles. The first-order valence-corrected chi connectivity index (χ1v) is 13.9. The molecule has 1 heterocycles. The van der Waals surface area contributed by atoms with Gasteiger partial charge >= 0.3 is 5.97 Å². The summed E-state index contributed by atoms with van der Waals surface area (Å²) >= 11 is 0. The second-order valence-corrected chi connectivity index (χ2v) is 11.2. The first-order chi connectivity index (χ1) is 18.2. The van der Waals surface area contributed by atoms with E-state index in [1.54, 1.807) is 20.8 Å². The van der Waals surface area contributed by atoms with Gasteiger partial charge in [0.05, 0.1) is 12.1 Å². The van der Waals surface area contributed by atoms with Gasteiger partial charge < -0.3 is 20.7 Å². The predicted molar refractivity (Wildman–Crippen MR) is 147 cm³/mol. The number of nitrogens with two attached hydrogens (primary N) is 1. The van der Waals surface area contributed by atoms with Crippen LogP contribution in [0.2, 0.25) is 0 Å². The Kier molecular flexibility index (Phi) is 8.87. The first-order valence-electron chi connectivity index (χ1n) is 13.9. The van der Waals surface area contributed by atoms with Gasteiger partial charge in [-0.1, -0.05) is 54.6 Å². The van der Waals surface area contributed by atoms with Gasteiger partial charge in [-0.05, 0) is 81.9 Å². The van der Waals surface area contributed by atoms with E-state index in [4.69, 9.17) is 10.5 Å². The lowest BCUT2D eigenvalue weighted by Crippen LogP contribution is -2.59. The third-order valence-electron chi connectivity index (χ3n) is 7.88. The van der Waals surface area contributed by atoms with Crippen molar-refractivity contribution in [1.29, 1.82) is 0 Å². The number of amides is 2. The van der Waals surface area contributed by atoms with Crippen LogP contribution in [0.15, 0.2) is 54.6 Å². The number of nitrogens with zero attached hydrogens (tertiary/aromatic N) is 1. The SMILES string of the molecule is CCOC(=O)C(c1ccccc1)[C@H]1CCCCN1C(=O)C(CC1CCc2ccccc21)NC(=O)C(C)(C)N. The van der Waals surface area contributed by atoms with Gasteiger partial charge in [0.2, 0.25) is 11.8 Å². The maximum Gasteiger partial charge on any atom is 0.315 e. The zero-order valence-electron chi connectivity index (χ0n) is 22.8. The lowest BCUT2D eigenvalue weighted by Gasteiger charge is -2.41. The Bertz CT molecular complexity index is 1130. The van der Waals surface area contributed by atoms with Gasteiger partial charge in [-0.3, -0.25) is 14.4 Å². The summed E-state index contributed by atoms with van der Waals surface area (Å²) in [5.74, 6) is -1.26. The second-order valence-electron chi connectivity index (χ2n) is 11.2. The number of carbonyl (C=O) groups is 3. The molecule has 204 valence electrons. The summed E-state index contributed by atoms with van der Waals surface area (Å²) in [4.78, 5) is 42.4. The molecular formula is C31H41N3O4. The summed E-state index contributed by atoms with van der Waals surface area (Å²) in [7, 11) is 0. The van der Waals surface area contributed by atoms with Gasteiger partial charge in [0.1, 0.15) is 12.0 Å². The molecule has 0 aromatic heterocycles. The van der Waals surface area contributed by atoms with Crippen molar-refractivity contribution in [3.63, 3.8) is 0 Å². The number of hydrogen-bond donors (Lipinski definition) is 2. The van der Waals surface area contributed by atoms with Gasteiger partial charge in [0.15, 0.2) is 0 Å². The molecular weight excluding hydrogens is 478 g/mol. The van der Waals surface area contributed by atoms with Gasteiger partial charge in [-0.25, -0.2) is 0 Å². The summed E-state index contributed by atoms with van der Waals surface area (Å²) in [6.07, 6.45) is 4.85. The molecule has 0 radical (unpaired) electrons. The minimum Gasteiger partial charge on any atom is -0.465 e. The summed E-state index contributed by atoms with van der Waals surface area (Å²) in [6, 6.07) is 16.8. The van der Waals surface area contributed by atoms with E-state index in [1.807, 2.05) is 47.4 Å². The number of nitrogens with one attached hydrogen (secondary N) is 1. The van der Waals surface area contributed by atoms with Gasteiger partial charge in [-0.15, -0.1) is 0 Å². The summed E-state index contributed by atoms with van der Waals surface area (Å²) in [6.45, 7) is 5.89. The normalized spacial score (nSPS) is 20.8.